The van der Waals surface area contributed by atoms with Gasteiger partial charge in [-0.05, 0) is 38.3 Å². The van der Waals surface area contributed by atoms with Gasteiger partial charge >= 0.3 is 0 Å². The van der Waals surface area contributed by atoms with Crippen LogP contribution in [0.25, 0.3) is 0 Å². The number of imidazole rings is 1. The molecular formula is C17H30N4O. The number of hydrogen-bond acceptors (Lipinski definition) is 4. The molecule has 2 aliphatic rings. The quantitative estimate of drug-likeness (QED) is 0.923. The number of nitrogens with zero attached hydrogens (tertiary/aromatic N) is 3. The standard InChI is InChI=1S/C17H30N4O/c1-4-21-7-5-15(13(2)11-21)19-14-6-8-22-17(9-14)16-10-18-12-20(16)3/h10,12-15,17,19H,4-9,11H2,1-3H3/t13-,14-,15+,17+/m1/s1. The summed E-state index contributed by atoms with van der Waals surface area (Å²) in [7, 11) is 2.05. The summed E-state index contributed by atoms with van der Waals surface area (Å²) >= 11 is 0. The van der Waals surface area contributed by atoms with Crippen LogP contribution in [0.5, 0.6) is 0 Å². The van der Waals surface area contributed by atoms with E-state index in [9.17, 15) is 0 Å². The highest BCUT2D eigenvalue weighted by Crippen LogP contribution is 2.29. The van der Waals surface area contributed by atoms with Crippen LogP contribution in [0.3, 0.4) is 0 Å². The first kappa shape index (κ1) is 16.0. The Kier molecular flexibility index (Phi) is 5.16. The van der Waals surface area contributed by atoms with Crippen LogP contribution >= 0.6 is 0 Å². The summed E-state index contributed by atoms with van der Waals surface area (Å²) in [5, 5.41) is 3.93. The number of hydrogen-bond donors (Lipinski definition) is 1. The van der Waals surface area contributed by atoms with Gasteiger partial charge in [0.1, 0.15) is 6.10 Å². The van der Waals surface area contributed by atoms with Gasteiger partial charge in [-0.2, -0.15) is 0 Å². The minimum atomic E-state index is 0.185. The largest absolute Gasteiger partial charge is 0.372 e. The number of nitrogens with one attached hydrogen (secondary N) is 1. The van der Waals surface area contributed by atoms with Crippen LogP contribution in [0.15, 0.2) is 12.5 Å². The van der Waals surface area contributed by atoms with E-state index in [1.54, 1.807) is 0 Å². The zero-order valence-electron chi connectivity index (χ0n) is 14.2. The molecule has 3 rings (SSSR count). The summed E-state index contributed by atoms with van der Waals surface area (Å²) in [6.45, 7) is 9.12. The van der Waals surface area contributed by atoms with Crippen molar-refractivity contribution in [3.8, 4) is 0 Å². The third-order valence-corrected chi connectivity index (χ3v) is 5.35. The summed E-state index contributed by atoms with van der Waals surface area (Å²) < 4.78 is 8.05. The Hall–Kier alpha value is -0.910. The van der Waals surface area contributed by atoms with Crippen molar-refractivity contribution in [2.45, 2.75) is 51.3 Å². The van der Waals surface area contributed by atoms with Gasteiger partial charge in [0.25, 0.3) is 0 Å². The number of aromatic nitrogens is 2. The molecule has 0 aliphatic carbocycles. The Morgan fingerprint density at radius 3 is 2.95 bits per heavy atom. The van der Waals surface area contributed by atoms with E-state index in [4.69, 9.17) is 4.74 Å². The molecule has 1 aromatic heterocycles. The Labute approximate surface area is 134 Å². The fourth-order valence-corrected chi connectivity index (χ4v) is 3.90. The number of likely N-dealkylation sites (tertiary alicyclic amines) is 1. The second-order valence-corrected chi connectivity index (χ2v) is 6.94. The van der Waals surface area contributed by atoms with Gasteiger partial charge in [-0.1, -0.05) is 13.8 Å². The first-order chi connectivity index (χ1) is 10.7. The Morgan fingerprint density at radius 2 is 2.27 bits per heavy atom. The van der Waals surface area contributed by atoms with Gasteiger partial charge in [0.15, 0.2) is 0 Å². The SMILES string of the molecule is CCN1CC[C@H](N[C@@H]2CCO[C@H](c3cncn3C)C2)[C@H](C)C1. The molecule has 1 aromatic rings. The molecule has 0 bridgehead atoms. The van der Waals surface area contributed by atoms with Gasteiger partial charge in [0.2, 0.25) is 0 Å². The molecule has 22 heavy (non-hydrogen) atoms. The lowest BCUT2D eigenvalue weighted by atomic mass is 9.91. The molecule has 1 N–H and O–H groups in total. The zero-order chi connectivity index (χ0) is 15.5. The van der Waals surface area contributed by atoms with Crippen LogP contribution in [0.1, 0.15) is 44.9 Å². The van der Waals surface area contributed by atoms with Gasteiger partial charge in [-0.15, -0.1) is 0 Å². The molecule has 0 saturated carbocycles. The van der Waals surface area contributed by atoms with Crippen LogP contribution in [0, 0.1) is 5.92 Å². The van der Waals surface area contributed by atoms with Crippen molar-refractivity contribution in [1.82, 2.24) is 19.8 Å². The summed E-state index contributed by atoms with van der Waals surface area (Å²) in [6, 6.07) is 1.22. The molecule has 0 unspecified atom stereocenters. The second-order valence-electron chi connectivity index (χ2n) is 6.94. The molecule has 2 fully saturated rings. The smallest absolute Gasteiger partial charge is 0.100 e. The predicted octanol–water partition coefficient (Wildman–Crippen LogP) is 1.96. The number of piperidine rings is 1. The average molecular weight is 306 g/mol. The highest BCUT2D eigenvalue weighted by atomic mass is 16.5. The van der Waals surface area contributed by atoms with Crippen LogP contribution in [-0.2, 0) is 11.8 Å². The number of ether oxygens (including phenoxy) is 1. The topological polar surface area (TPSA) is 42.3 Å². The zero-order valence-corrected chi connectivity index (χ0v) is 14.2. The van der Waals surface area contributed by atoms with Crippen molar-refractivity contribution >= 4 is 0 Å². The molecule has 4 atom stereocenters. The van der Waals surface area contributed by atoms with E-state index < -0.39 is 0 Å². The fourth-order valence-electron chi connectivity index (χ4n) is 3.90. The molecule has 124 valence electrons. The fraction of sp³-hybridized carbons (Fsp3) is 0.824. The van der Waals surface area contributed by atoms with Gasteiger partial charge < -0.3 is 19.5 Å². The lowest BCUT2D eigenvalue weighted by Crippen LogP contribution is -2.52. The Bertz CT molecular complexity index is 475. The highest BCUT2D eigenvalue weighted by molar-refractivity contribution is 5.04. The Morgan fingerprint density at radius 1 is 1.41 bits per heavy atom. The molecule has 0 radical (unpaired) electrons. The van der Waals surface area contributed by atoms with Crippen LogP contribution < -0.4 is 5.32 Å². The van der Waals surface area contributed by atoms with Gasteiger partial charge in [-0.3, -0.25) is 0 Å². The van der Waals surface area contributed by atoms with E-state index in [2.05, 4.69) is 33.6 Å². The number of aryl methyl sites for hydroxylation is 1. The lowest BCUT2D eigenvalue weighted by Gasteiger charge is -2.40. The molecule has 0 amide bonds. The van der Waals surface area contributed by atoms with Crippen molar-refractivity contribution in [2.24, 2.45) is 13.0 Å². The van der Waals surface area contributed by atoms with Crippen LogP contribution in [0.4, 0.5) is 0 Å². The summed E-state index contributed by atoms with van der Waals surface area (Å²) in [6.07, 6.45) is 7.43. The van der Waals surface area contributed by atoms with Gasteiger partial charge in [-0.25, -0.2) is 4.98 Å². The average Bonchev–Trinajstić information content (AvgIpc) is 2.96. The predicted molar refractivity (Wildman–Crippen MR) is 87.7 cm³/mol. The van der Waals surface area contributed by atoms with Gasteiger partial charge in [0, 0.05) is 32.3 Å². The minimum Gasteiger partial charge on any atom is -0.372 e. The van der Waals surface area contributed by atoms with Crippen molar-refractivity contribution in [3.05, 3.63) is 18.2 Å². The van der Waals surface area contributed by atoms with Gasteiger partial charge in [0.05, 0.1) is 18.2 Å². The molecule has 5 nitrogen and oxygen atoms in total. The highest BCUT2D eigenvalue weighted by Gasteiger charge is 2.31. The molecule has 2 saturated heterocycles. The molecule has 0 spiro atoms. The summed E-state index contributed by atoms with van der Waals surface area (Å²) in [5.41, 5.74) is 1.19. The maximum absolute atomic E-state index is 5.97. The third-order valence-electron chi connectivity index (χ3n) is 5.35. The van der Waals surface area contributed by atoms with Crippen molar-refractivity contribution < 1.29 is 4.74 Å². The maximum atomic E-state index is 5.97. The van der Waals surface area contributed by atoms with E-state index in [0.29, 0.717) is 12.1 Å². The maximum Gasteiger partial charge on any atom is 0.100 e. The molecule has 0 aromatic carbocycles. The first-order valence-corrected chi connectivity index (χ1v) is 8.73. The molecule has 3 heterocycles. The van der Waals surface area contributed by atoms with E-state index in [-0.39, 0.29) is 6.10 Å². The molecule has 5 heteroatoms. The van der Waals surface area contributed by atoms with Crippen molar-refractivity contribution in [2.75, 3.05) is 26.2 Å². The minimum absolute atomic E-state index is 0.185. The number of rotatable bonds is 4. The summed E-state index contributed by atoms with van der Waals surface area (Å²) in [4.78, 5) is 6.79. The van der Waals surface area contributed by atoms with E-state index in [1.165, 1.54) is 31.7 Å². The first-order valence-electron chi connectivity index (χ1n) is 8.73. The molecular weight excluding hydrogens is 276 g/mol. The van der Waals surface area contributed by atoms with Crippen molar-refractivity contribution in [1.29, 1.82) is 0 Å². The summed E-state index contributed by atoms with van der Waals surface area (Å²) in [5.74, 6) is 0.728. The van der Waals surface area contributed by atoms with E-state index in [1.807, 2.05) is 19.6 Å². The lowest BCUT2D eigenvalue weighted by molar-refractivity contribution is -0.00906. The normalized spacial score (nSPS) is 34.0. The van der Waals surface area contributed by atoms with Crippen LogP contribution in [0.2, 0.25) is 0 Å². The Balaban J connectivity index is 1.56. The van der Waals surface area contributed by atoms with Crippen LogP contribution in [-0.4, -0.2) is 52.8 Å². The monoisotopic (exact) mass is 306 g/mol. The second kappa shape index (κ2) is 7.11. The van der Waals surface area contributed by atoms with E-state index in [0.717, 1.165) is 25.4 Å². The third kappa shape index (κ3) is 3.53. The van der Waals surface area contributed by atoms with Crippen molar-refractivity contribution in [3.63, 3.8) is 0 Å². The van der Waals surface area contributed by atoms with E-state index >= 15 is 0 Å². The molecule has 2 aliphatic heterocycles.